The molecule has 0 aliphatic heterocycles. The van der Waals surface area contributed by atoms with Crippen LogP contribution in [0.25, 0.3) is 0 Å². The van der Waals surface area contributed by atoms with E-state index in [0.29, 0.717) is 6.54 Å². The van der Waals surface area contributed by atoms with Crippen molar-refractivity contribution < 1.29 is 0 Å². The van der Waals surface area contributed by atoms with Crippen molar-refractivity contribution in [3.63, 3.8) is 0 Å². The first-order chi connectivity index (χ1) is 10.6. The highest BCUT2D eigenvalue weighted by atomic mass is 127. The summed E-state index contributed by atoms with van der Waals surface area (Å²) in [5.74, 6) is 1.61. The molecule has 7 heteroatoms. The van der Waals surface area contributed by atoms with Gasteiger partial charge >= 0.3 is 0 Å². The van der Waals surface area contributed by atoms with Crippen molar-refractivity contribution in [1.29, 1.82) is 0 Å². The monoisotopic (exact) mass is 489 g/mol. The van der Waals surface area contributed by atoms with Gasteiger partial charge in [0.25, 0.3) is 0 Å². The highest BCUT2D eigenvalue weighted by Crippen LogP contribution is 2.11. The van der Waals surface area contributed by atoms with Gasteiger partial charge in [0.1, 0.15) is 5.82 Å². The van der Waals surface area contributed by atoms with E-state index in [4.69, 9.17) is 0 Å². The van der Waals surface area contributed by atoms with Crippen LogP contribution >= 0.6 is 39.9 Å². The van der Waals surface area contributed by atoms with Gasteiger partial charge in [0.2, 0.25) is 0 Å². The first kappa shape index (κ1) is 19.8. The van der Waals surface area contributed by atoms with E-state index in [9.17, 15) is 0 Å². The van der Waals surface area contributed by atoms with E-state index in [1.54, 1.807) is 13.2 Å². The first-order valence-corrected chi connectivity index (χ1v) is 7.82. The van der Waals surface area contributed by atoms with Crippen LogP contribution in [-0.4, -0.2) is 34.9 Å². The summed E-state index contributed by atoms with van der Waals surface area (Å²) in [6.07, 6.45) is 1.77. The van der Waals surface area contributed by atoms with Crippen LogP contribution < -0.4 is 5.32 Å². The number of hydrogen-bond acceptors (Lipinski definition) is 3. The minimum atomic E-state index is 0. The standard InChI is InChI=1S/C16H20BrN5.HI/c1-12-19-9-8-15(21-12)10-20-16(18-2)22(3)11-13-4-6-14(17)7-5-13;/h4-9H,10-11H2,1-3H3,(H,18,20);1H. The Morgan fingerprint density at radius 1 is 1.26 bits per heavy atom. The van der Waals surface area contributed by atoms with Gasteiger partial charge < -0.3 is 10.2 Å². The van der Waals surface area contributed by atoms with E-state index in [1.165, 1.54) is 5.56 Å². The number of aliphatic imine (C=N–C) groups is 1. The molecule has 0 radical (unpaired) electrons. The molecule has 0 amide bonds. The zero-order valence-corrected chi connectivity index (χ0v) is 17.4. The molecule has 0 saturated carbocycles. The Labute approximate surface area is 162 Å². The summed E-state index contributed by atoms with van der Waals surface area (Å²) < 4.78 is 1.08. The summed E-state index contributed by atoms with van der Waals surface area (Å²) in [6.45, 7) is 3.30. The third kappa shape index (κ3) is 6.42. The number of nitrogens with one attached hydrogen (secondary N) is 1. The Hall–Kier alpha value is -1.22. The van der Waals surface area contributed by atoms with Crippen molar-refractivity contribution in [3.05, 3.63) is 58.1 Å². The maximum atomic E-state index is 4.38. The van der Waals surface area contributed by atoms with Crippen LogP contribution in [0.2, 0.25) is 0 Å². The molecule has 0 fully saturated rings. The summed E-state index contributed by atoms with van der Waals surface area (Å²) in [7, 11) is 3.80. The lowest BCUT2D eigenvalue weighted by Gasteiger charge is -2.22. The van der Waals surface area contributed by atoms with E-state index in [-0.39, 0.29) is 24.0 Å². The highest BCUT2D eigenvalue weighted by Gasteiger charge is 2.07. The van der Waals surface area contributed by atoms with Crippen molar-refractivity contribution >= 4 is 45.9 Å². The smallest absolute Gasteiger partial charge is 0.194 e. The molecule has 1 aromatic carbocycles. The number of hydrogen-bond donors (Lipinski definition) is 1. The van der Waals surface area contributed by atoms with Crippen molar-refractivity contribution in [2.75, 3.05) is 14.1 Å². The molecule has 0 bridgehead atoms. The maximum Gasteiger partial charge on any atom is 0.194 e. The molecule has 0 saturated heterocycles. The molecule has 0 aliphatic carbocycles. The average Bonchev–Trinajstić information content (AvgIpc) is 2.50. The second-order valence-corrected chi connectivity index (χ2v) is 5.89. The average molecular weight is 490 g/mol. The SMILES string of the molecule is CN=C(NCc1ccnc(C)n1)N(C)Cc1ccc(Br)cc1.I. The molecule has 1 heterocycles. The molecule has 0 unspecified atom stereocenters. The molecule has 1 N–H and O–H groups in total. The maximum absolute atomic E-state index is 4.38. The number of rotatable bonds is 4. The summed E-state index contributed by atoms with van der Waals surface area (Å²) in [5, 5.41) is 3.32. The number of aryl methyl sites for hydroxylation is 1. The second-order valence-electron chi connectivity index (χ2n) is 4.98. The van der Waals surface area contributed by atoms with Gasteiger partial charge in [-0.25, -0.2) is 9.97 Å². The highest BCUT2D eigenvalue weighted by molar-refractivity contribution is 14.0. The normalized spacial score (nSPS) is 10.9. The van der Waals surface area contributed by atoms with E-state index in [2.05, 4.69) is 53.2 Å². The molecule has 0 spiro atoms. The molecule has 2 rings (SSSR count). The Balaban J connectivity index is 0.00000264. The Morgan fingerprint density at radius 3 is 2.57 bits per heavy atom. The third-order valence-corrected chi connectivity index (χ3v) is 3.70. The van der Waals surface area contributed by atoms with Gasteiger partial charge in [0.15, 0.2) is 5.96 Å². The molecule has 5 nitrogen and oxygen atoms in total. The third-order valence-electron chi connectivity index (χ3n) is 3.17. The fourth-order valence-electron chi connectivity index (χ4n) is 2.10. The predicted octanol–water partition coefficient (Wildman–Crippen LogP) is 3.37. The minimum absolute atomic E-state index is 0. The van der Waals surface area contributed by atoms with Gasteiger partial charge in [-0.05, 0) is 30.7 Å². The Kier molecular flexibility index (Phi) is 8.46. The summed E-state index contributed by atoms with van der Waals surface area (Å²) in [4.78, 5) is 14.9. The molecule has 0 aliphatic rings. The number of guanidine groups is 1. The van der Waals surface area contributed by atoms with Crippen molar-refractivity contribution in [3.8, 4) is 0 Å². The van der Waals surface area contributed by atoms with Crippen LogP contribution in [0.1, 0.15) is 17.1 Å². The van der Waals surface area contributed by atoms with E-state index in [0.717, 1.165) is 28.5 Å². The fourth-order valence-corrected chi connectivity index (χ4v) is 2.36. The molecule has 0 atom stereocenters. The van der Waals surface area contributed by atoms with Gasteiger partial charge in [0.05, 0.1) is 12.2 Å². The fraction of sp³-hybridized carbons (Fsp3) is 0.312. The van der Waals surface area contributed by atoms with Gasteiger partial charge in [-0.15, -0.1) is 24.0 Å². The zero-order valence-electron chi connectivity index (χ0n) is 13.5. The lowest BCUT2D eigenvalue weighted by molar-refractivity contribution is 0.476. The second kappa shape index (κ2) is 9.82. The summed E-state index contributed by atoms with van der Waals surface area (Å²) in [5.41, 5.74) is 2.18. The molecular weight excluding hydrogens is 469 g/mol. The largest absolute Gasteiger partial charge is 0.351 e. The van der Waals surface area contributed by atoms with Crippen molar-refractivity contribution in [1.82, 2.24) is 20.2 Å². The summed E-state index contributed by atoms with van der Waals surface area (Å²) >= 11 is 3.45. The van der Waals surface area contributed by atoms with Crippen LogP contribution in [0.5, 0.6) is 0 Å². The minimum Gasteiger partial charge on any atom is -0.351 e. The lowest BCUT2D eigenvalue weighted by Crippen LogP contribution is -2.38. The van der Waals surface area contributed by atoms with E-state index >= 15 is 0 Å². The van der Waals surface area contributed by atoms with Crippen LogP contribution in [0.15, 0.2) is 46.0 Å². The van der Waals surface area contributed by atoms with Crippen molar-refractivity contribution in [2.24, 2.45) is 4.99 Å². The van der Waals surface area contributed by atoms with Crippen LogP contribution in [0.4, 0.5) is 0 Å². The molecule has 23 heavy (non-hydrogen) atoms. The van der Waals surface area contributed by atoms with Crippen LogP contribution in [-0.2, 0) is 13.1 Å². The number of aromatic nitrogens is 2. The first-order valence-electron chi connectivity index (χ1n) is 7.03. The summed E-state index contributed by atoms with van der Waals surface area (Å²) in [6, 6.07) is 10.2. The van der Waals surface area contributed by atoms with Gasteiger partial charge in [-0.3, -0.25) is 4.99 Å². The van der Waals surface area contributed by atoms with Gasteiger partial charge in [-0.2, -0.15) is 0 Å². The van der Waals surface area contributed by atoms with Crippen molar-refractivity contribution in [2.45, 2.75) is 20.0 Å². The predicted molar refractivity (Wildman–Crippen MR) is 108 cm³/mol. The lowest BCUT2D eigenvalue weighted by atomic mass is 10.2. The molecule has 124 valence electrons. The van der Waals surface area contributed by atoms with Crippen LogP contribution in [0, 0.1) is 6.92 Å². The molecule has 2 aromatic rings. The quantitative estimate of drug-likeness (QED) is 0.406. The van der Waals surface area contributed by atoms with E-state index in [1.807, 2.05) is 32.2 Å². The molecular formula is C16H21BrIN5. The Morgan fingerprint density at radius 2 is 1.96 bits per heavy atom. The van der Waals surface area contributed by atoms with Gasteiger partial charge in [-0.1, -0.05) is 28.1 Å². The van der Waals surface area contributed by atoms with Gasteiger partial charge in [0, 0.05) is 31.3 Å². The topological polar surface area (TPSA) is 53.4 Å². The van der Waals surface area contributed by atoms with Crippen LogP contribution in [0.3, 0.4) is 0 Å². The molecule has 1 aromatic heterocycles. The zero-order chi connectivity index (χ0) is 15.9. The number of benzene rings is 1. The number of nitrogens with zero attached hydrogens (tertiary/aromatic N) is 4. The Bertz CT molecular complexity index is 645. The van der Waals surface area contributed by atoms with E-state index < -0.39 is 0 Å². The number of halogens is 2.